The van der Waals surface area contributed by atoms with Crippen molar-refractivity contribution in [2.24, 2.45) is 10.9 Å². The van der Waals surface area contributed by atoms with Crippen molar-refractivity contribution in [2.75, 3.05) is 39.5 Å². The molecule has 1 heterocycles. The minimum Gasteiger partial charge on any atom is -0.490 e. The number of benzene rings is 2. The van der Waals surface area contributed by atoms with Crippen molar-refractivity contribution in [3.05, 3.63) is 64.7 Å². The molecule has 0 radical (unpaired) electrons. The molecule has 1 aliphatic heterocycles. The first-order valence-electron chi connectivity index (χ1n) is 9.67. The van der Waals surface area contributed by atoms with Gasteiger partial charge >= 0.3 is 0 Å². The molecule has 3 rings (SSSR count). The fraction of sp³-hybridized carbons (Fsp3) is 0.409. The molecule has 0 amide bonds. The molecule has 0 atom stereocenters. The van der Waals surface area contributed by atoms with Crippen LogP contribution in [0.15, 0.2) is 47.6 Å². The topological polar surface area (TPSA) is 69.3 Å². The van der Waals surface area contributed by atoms with E-state index in [1.54, 1.807) is 0 Å². The number of aryl methyl sites for hydroxylation is 2. The van der Waals surface area contributed by atoms with Gasteiger partial charge in [0.25, 0.3) is 0 Å². The summed E-state index contributed by atoms with van der Waals surface area (Å²) < 4.78 is 11.2. The highest BCUT2D eigenvalue weighted by Crippen LogP contribution is 2.18. The largest absolute Gasteiger partial charge is 0.490 e. The van der Waals surface area contributed by atoms with Gasteiger partial charge in [-0.1, -0.05) is 35.5 Å². The van der Waals surface area contributed by atoms with Crippen molar-refractivity contribution in [3.63, 3.8) is 0 Å². The summed E-state index contributed by atoms with van der Waals surface area (Å²) in [5.74, 6) is 1.24. The number of amidine groups is 1. The predicted molar refractivity (Wildman–Crippen MR) is 111 cm³/mol. The maximum atomic E-state index is 6.08. The lowest BCUT2D eigenvalue weighted by atomic mass is 10.1. The number of rotatable bonds is 8. The predicted octanol–water partition coefficient (Wildman–Crippen LogP) is 2.85. The highest BCUT2D eigenvalue weighted by molar-refractivity contribution is 5.97. The molecule has 0 aromatic heterocycles. The molecule has 0 spiro atoms. The number of oxime groups is 1. The SMILES string of the molecule is Cc1ccc(C)c(OCCO/N=C(/N)c2cccc(CN3CCOCC3)c2)c1. The number of hydrogen-bond donors (Lipinski definition) is 1. The zero-order valence-electron chi connectivity index (χ0n) is 16.7. The molecule has 0 unspecified atom stereocenters. The van der Waals surface area contributed by atoms with Gasteiger partial charge in [0, 0.05) is 25.2 Å². The Morgan fingerprint density at radius 1 is 1.11 bits per heavy atom. The Morgan fingerprint density at radius 2 is 1.93 bits per heavy atom. The molecular weight excluding hydrogens is 354 g/mol. The Balaban J connectivity index is 1.48. The summed E-state index contributed by atoms with van der Waals surface area (Å²) in [7, 11) is 0. The maximum absolute atomic E-state index is 6.08. The summed E-state index contributed by atoms with van der Waals surface area (Å²) in [6, 6.07) is 14.2. The minimum absolute atomic E-state index is 0.335. The standard InChI is InChI=1S/C22H29N3O3/c1-17-6-7-18(2)21(14-17)27-12-13-28-24-22(23)20-5-3-4-19(15-20)16-25-8-10-26-11-9-25/h3-7,14-15H,8-13,16H2,1-2H3,(H2,23,24). The van der Waals surface area contributed by atoms with Crippen LogP contribution in [0.3, 0.4) is 0 Å². The summed E-state index contributed by atoms with van der Waals surface area (Å²) in [6.07, 6.45) is 0. The molecule has 1 fully saturated rings. The van der Waals surface area contributed by atoms with E-state index < -0.39 is 0 Å². The fourth-order valence-electron chi connectivity index (χ4n) is 3.07. The Hall–Kier alpha value is -2.57. The van der Waals surface area contributed by atoms with Gasteiger partial charge in [-0.15, -0.1) is 0 Å². The molecule has 28 heavy (non-hydrogen) atoms. The quantitative estimate of drug-likeness (QED) is 0.329. The molecular formula is C22H29N3O3. The highest BCUT2D eigenvalue weighted by atomic mass is 16.6. The molecule has 6 heteroatoms. The van der Waals surface area contributed by atoms with Crippen LogP contribution in [0.1, 0.15) is 22.3 Å². The van der Waals surface area contributed by atoms with Crippen molar-refractivity contribution in [1.29, 1.82) is 0 Å². The number of nitrogens with zero attached hydrogens (tertiary/aromatic N) is 2. The van der Waals surface area contributed by atoms with Crippen molar-refractivity contribution < 1.29 is 14.3 Å². The van der Waals surface area contributed by atoms with E-state index in [1.165, 1.54) is 11.1 Å². The average Bonchev–Trinajstić information content (AvgIpc) is 2.71. The smallest absolute Gasteiger partial charge is 0.170 e. The lowest BCUT2D eigenvalue weighted by Gasteiger charge is -2.26. The van der Waals surface area contributed by atoms with E-state index >= 15 is 0 Å². The van der Waals surface area contributed by atoms with Gasteiger partial charge in [0.05, 0.1) is 13.2 Å². The van der Waals surface area contributed by atoms with Gasteiger partial charge in [0.2, 0.25) is 0 Å². The molecule has 0 bridgehead atoms. The second-order valence-electron chi connectivity index (χ2n) is 7.02. The van der Waals surface area contributed by atoms with Crippen LogP contribution in [0.25, 0.3) is 0 Å². The number of nitrogens with two attached hydrogens (primary N) is 1. The monoisotopic (exact) mass is 383 g/mol. The van der Waals surface area contributed by atoms with Crippen LogP contribution in [0.4, 0.5) is 0 Å². The maximum Gasteiger partial charge on any atom is 0.170 e. The second-order valence-corrected chi connectivity index (χ2v) is 7.02. The van der Waals surface area contributed by atoms with E-state index in [0.29, 0.717) is 19.0 Å². The summed E-state index contributed by atoms with van der Waals surface area (Å²) in [5, 5.41) is 4.03. The zero-order chi connectivity index (χ0) is 19.8. The first-order valence-corrected chi connectivity index (χ1v) is 9.67. The van der Waals surface area contributed by atoms with E-state index in [4.69, 9.17) is 20.0 Å². The highest BCUT2D eigenvalue weighted by Gasteiger charge is 2.11. The molecule has 2 N–H and O–H groups in total. The lowest BCUT2D eigenvalue weighted by molar-refractivity contribution is 0.0342. The van der Waals surface area contributed by atoms with Gasteiger partial charge in [0.15, 0.2) is 12.4 Å². The van der Waals surface area contributed by atoms with Crippen LogP contribution in [0.2, 0.25) is 0 Å². The summed E-state index contributed by atoms with van der Waals surface area (Å²) >= 11 is 0. The van der Waals surface area contributed by atoms with Crippen LogP contribution in [-0.2, 0) is 16.1 Å². The van der Waals surface area contributed by atoms with Crippen molar-refractivity contribution in [2.45, 2.75) is 20.4 Å². The normalized spacial score (nSPS) is 15.4. The molecule has 0 saturated carbocycles. The Bertz CT molecular complexity index is 801. The third kappa shape index (κ3) is 5.97. The zero-order valence-corrected chi connectivity index (χ0v) is 16.7. The van der Waals surface area contributed by atoms with E-state index in [2.05, 4.69) is 28.3 Å². The van der Waals surface area contributed by atoms with Crippen LogP contribution in [0, 0.1) is 13.8 Å². The summed E-state index contributed by atoms with van der Waals surface area (Å²) in [5.41, 5.74) is 10.4. The number of morpholine rings is 1. The first kappa shape index (κ1) is 20.2. The minimum atomic E-state index is 0.335. The molecule has 1 saturated heterocycles. The van der Waals surface area contributed by atoms with E-state index in [1.807, 2.05) is 38.1 Å². The van der Waals surface area contributed by atoms with Crippen LogP contribution in [0.5, 0.6) is 5.75 Å². The van der Waals surface area contributed by atoms with Crippen molar-refractivity contribution >= 4 is 5.84 Å². The lowest BCUT2D eigenvalue weighted by Crippen LogP contribution is -2.35. The molecule has 2 aromatic rings. The first-order chi connectivity index (χ1) is 13.6. The van der Waals surface area contributed by atoms with Crippen molar-refractivity contribution in [3.8, 4) is 5.75 Å². The van der Waals surface area contributed by atoms with E-state index in [-0.39, 0.29) is 0 Å². The van der Waals surface area contributed by atoms with Crippen LogP contribution < -0.4 is 10.5 Å². The molecule has 1 aliphatic rings. The fourth-order valence-corrected chi connectivity index (χ4v) is 3.07. The summed E-state index contributed by atoms with van der Waals surface area (Å²) in [6.45, 7) is 9.20. The van der Waals surface area contributed by atoms with Gasteiger partial charge in [-0.25, -0.2) is 0 Å². The van der Waals surface area contributed by atoms with Gasteiger partial charge in [-0.3, -0.25) is 4.90 Å². The van der Waals surface area contributed by atoms with E-state index in [0.717, 1.165) is 49.7 Å². The Labute approximate surface area is 166 Å². The average molecular weight is 383 g/mol. The Morgan fingerprint density at radius 3 is 2.75 bits per heavy atom. The van der Waals surface area contributed by atoms with Gasteiger partial charge in [-0.05, 0) is 42.7 Å². The third-order valence-corrected chi connectivity index (χ3v) is 4.67. The van der Waals surface area contributed by atoms with Crippen LogP contribution >= 0.6 is 0 Å². The van der Waals surface area contributed by atoms with Gasteiger partial charge in [-0.2, -0.15) is 0 Å². The Kier molecular flexibility index (Phi) is 7.28. The van der Waals surface area contributed by atoms with Crippen LogP contribution in [-0.4, -0.2) is 50.3 Å². The van der Waals surface area contributed by atoms with Crippen molar-refractivity contribution in [1.82, 2.24) is 4.90 Å². The molecule has 150 valence electrons. The number of ether oxygens (including phenoxy) is 2. The summed E-state index contributed by atoms with van der Waals surface area (Å²) in [4.78, 5) is 7.71. The number of hydrogen-bond acceptors (Lipinski definition) is 5. The van der Waals surface area contributed by atoms with Gasteiger partial charge < -0.3 is 20.0 Å². The molecule has 6 nitrogen and oxygen atoms in total. The second kappa shape index (κ2) is 10.1. The third-order valence-electron chi connectivity index (χ3n) is 4.67. The van der Waals surface area contributed by atoms with E-state index in [9.17, 15) is 0 Å². The molecule has 0 aliphatic carbocycles. The molecule has 2 aromatic carbocycles. The van der Waals surface area contributed by atoms with Gasteiger partial charge in [0.1, 0.15) is 12.4 Å².